The molecule has 0 unspecified atom stereocenters. The molecule has 0 bridgehead atoms. The van der Waals surface area contributed by atoms with Crippen molar-refractivity contribution in [3.05, 3.63) is 70.3 Å². The van der Waals surface area contributed by atoms with Crippen LogP contribution in [0.4, 0.5) is 0 Å². The fraction of sp³-hybridized carbons (Fsp3) is 0.458. The zero-order chi connectivity index (χ0) is 20.6. The molecule has 2 aromatic carbocycles. The average molecular weight is 384 g/mol. The summed E-state index contributed by atoms with van der Waals surface area (Å²) in [6.45, 7) is 6.50. The second-order valence-electron chi connectivity index (χ2n) is 7.90. The van der Waals surface area contributed by atoms with Crippen LogP contribution in [-0.2, 0) is 24.2 Å². The van der Waals surface area contributed by atoms with Gasteiger partial charge in [0.2, 0.25) is 0 Å². The molecule has 0 aromatic heterocycles. The van der Waals surface area contributed by atoms with Crippen molar-refractivity contribution in [2.24, 2.45) is 5.73 Å². The second kappa shape index (κ2) is 10.5. The minimum absolute atomic E-state index is 0.121. The number of ether oxygens (including phenoxy) is 1. The summed E-state index contributed by atoms with van der Waals surface area (Å²) in [6, 6.07) is 14.3. The Labute approximate surface area is 168 Å². The third kappa shape index (κ3) is 6.86. The van der Waals surface area contributed by atoms with Gasteiger partial charge in [-0.15, -0.1) is 0 Å². The number of hydrogen-bond donors (Lipinski definition) is 2. The smallest absolute Gasteiger partial charge is 0.162 e. The van der Waals surface area contributed by atoms with E-state index in [1.807, 2.05) is 18.2 Å². The summed E-state index contributed by atoms with van der Waals surface area (Å²) in [6.07, 6.45) is 3.16. The summed E-state index contributed by atoms with van der Waals surface area (Å²) >= 11 is 0. The quantitative estimate of drug-likeness (QED) is 0.576. The molecule has 4 heteroatoms. The molecule has 0 aliphatic heterocycles. The topological polar surface area (TPSA) is 72.5 Å². The molecule has 0 fully saturated rings. The molecule has 0 saturated carbocycles. The Balaban J connectivity index is 1.90. The number of aliphatic hydroxyl groups excluding tert-OH is 1. The van der Waals surface area contributed by atoms with E-state index in [0.29, 0.717) is 13.0 Å². The van der Waals surface area contributed by atoms with Gasteiger partial charge in [-0.1, -0.05) is 48.9 Å². The second-order valence-corrected chi connectivity index (χ2v) is 7.90. The van der Waals surface area contributed by atoms with Crippen molar-refractivity contribution in [3.8, 4) is 0 Å². The summed E-state index contributed by atoms with van der Waals surface area (Å²) in [5.74, 6) is 0.184. The molecule has 0 aliphatic carbocycles. The number of Topliss-reactive ketones (excluding diaryl/α,β-unsaturated/α-hetero) is 1. The number of benzene rings is 2. The first kappa shape index (κ1) is 22.3. The number of aliphatic hydroxyl groups is 1. The minimum atomic E-state index is -0.736. The summed E-state index contributed by atoms with van der Waals surface area (Å²) in [5, 5.41) is 9.20. The molecule has 0 aliphatic rings. The first-order valence-corrected chi connectivity index (χ1v) is 10.0. The fourth-order valence-electron chi connectivity index (χ4n) is 3.06. The van der Waals surface area contributed by atoms with Crippen molar-refractivity contribution >= 4 is 5.78 Å². The lowest BCUT2D eigenvalue weighted by Crippen LogP contribution is -2.44. The van der Waals surface area contributed by atoms with Gasteiger partial charge in [0.1, 0.15) is 0 Å². The number of nitrogens with two attached hydrogens (primary N) is 1. The highest BCUT2D eigenvalue weighted by atomic mass is 16.5. The lowest BCUT2D eigenvalue weighted by atomic mass is 9.97. The zero-order valence-electron chi connectivity index (χ0n) is 17.3. The van der Waals surface area contributed by atoms with E-state index in [4.69, 9.17) is 10.5 Å². The largest absolute Gasteiger partial charge is 0.394 e. The molecule has 4 nitrogen and oxygen atoms in total. The van der Waals surface area contributed by atoms with Gasteiger partial charge in [0, 0.05) is 12.0 Å². The predicted octanol–water partition coefficient (Wildman–Crippen LogP) is 3.99. The maximum Gasteiger partial charge on any atom is 0.162 e. The Bertz CT molecular complexity index is 766. The third-order valence-electron chi connectivity index (χ3n) is 4.95. The van der Waals surface area contributed by atoms with Gasteiger partial charge in [0.05, 0.1) is 25.4 Å². The highest BCUT2D eigenvalue weighted by Crippen LogP contribution is 2.17. The van der Waals surface area contributed by atoms with Crippen molar-refractivity contribution in [3.63, 3.8) is 0 Å². The standard InChI is InChI=1S/C24H33NO3/c1-4-20-14-21(12-13-22(20)15-28-17-24(3,25)16-26)23(27)7-5-6-19-10-8-18(2)9-11-19/h8-14,26H,4-7,15-17,25H2,1-3H3/t24-/m0/s1. The van der Waals surface area contributed by atoms with Gasteiger partial charge in [-0.2, -0.15) is 0 Å². The number of hydrogen-bond acceptors (Lipinski definition) is 4. The van der Waals surface area contributed by atoms with Crippen LogP contribution in [0.5, 0.6) is 0 Å². The van der Waals surface area contributed by atoms with Crippen LogP contribution in [0.3, 0.4) is 0 Å². The van der Waals surface area contributed by atoms with Crippen molar-refractivity contribution in [2.45, 2.75) is 58.6 Å². The van der Waals surface area contributed by atoms with E-state index in [1.165, 1.54) is 11.1 Å². The monoisotopic (exact) mass is 383 g/mol. The van der Waals surface area contributed by atoms with Crippen LogP contribution < -0.4 is 5.73 Å². The van der Waals surface area contributed by atoms with Crippen molar-refractivity contribution < 1.29 is 14.6 Å². The highest BCUT2D eigenvalue weighted by molar-refractivity contribution is 5.96. The van der Waals surface area contributed by atoms with Crippen molar-refractivity contribution in [2.75, 3.05) is 13.2 Å². The zero-order valence-corrected chi connectivity index (χ0v) is 17.3. The Morgan fingerprint density at radius 1 is 1.14 bits per heavy atom. The molecular weight excluding hydrogens is 350 g/mol. The lowest BCUT2D eigenvalue weighted by Gasteiger charge is -2.21. The summed E-state index contributed by atoms with van der Waals surface area (Å²) in [7, 11) is 0. The molecule has 0 radical (unpaired) electrons. The van der Waals surface area contributed by atoms with Crippen LogP contribution in [0.1, 0.15) is 59.3 Å². The van der Waals surface area contributed by atoms with Gasteiger partial charge in [-0.05, 0) is 55.9 Å². The molecule has 2 aromatic rings. The summed E-state index contributed by atoms with van der Waals surface area (Å²) in [4.78, 5) is 12.6. The van der Waals surface area contributed by atoms with Gasteiger partial charge >= 0.3 is 0 Å². The van der Waals surface area contributed by atoms with Gasteiger partial charge in [-0.25, -0.2) is 0 Å². The summed E-state index contributed by atoms with van der Waals surface area (Å²) < 4.78 is 5.67. The molecule has 0 spiro atoms. The van der Waals surface area contributed by atoms with E-state index in [9.17, 15) is 9.90 Å². The SMILES string of the molecule is CCc1cc(C(=O)CCCc2ccc(C)cc2)ccc1COC[C@@](C)(N)CO. The number of aryl methyl sites for hydroxylation is 3. The first-order chi connectivity index (χ1) is 13.3. The molecule has 152 valence electrons. The first-order valence-electron chi connectivity index (χ1n) is 10.0. The number of carbonyl (C=O) groups is 1. The fourth-order valence-corrected chi connectivity index (χ4v) is 3.06. The van der Waals surface area contributed by atoms with Gasteiger partial charge in [0.15, 0.2) is 5.78 Å². The van der Waals surface area contributed by atoms with E-state index in [1.54, 1.807) is 6.92 Å². The van der Waals surface area contributed by atoms with E-state index >= 15 is 0 Å². The van der Waals surface area contributed by atoms with Crippen LogP contribution in [0, 0.1) is 6.92 Å². The molecule has 0 heterocycles. The predicted molar refractivity (Wildman–Crippen MR) is 114 cm³/mol. The van der Waals surface area contributed by atoms with E-state index < -0.39 is 5.54 Å². The van der Waals surface area contributed by atoms with Crippen molar-refractivity contribution in [1.82, 2.24) is 0 Å². The Morgan fingerprint density at radius 3 is 2.50 bits per heavy atom. The number of rotatable bonds is 11. The molecule has 1 atom stereocenters. The van der Waals surface area contributed by atoms with Crippen LogP contribution in [0.25, 0.3) is 0 Å². The Morgan fingerprint density at radius 2 is 1.86 bits per heavy atom. The van der Waals surface area contributed by atoms with E-state index in [-0.39, 0.29) is 19.0 Å². The molecule has 3 N–H and O–H groups in total. The summed E-state index contributed by atoms with van der Waals surface area (Å²) in [5.41, 5.74) is 10.6. The van der Waals surface area contributed by atoms with Crippen LogP contribution in [-0.4, -0.2) is 29.6 Å². The molecule has 0 saturated heterocycles. The lowest BCUT2D eigenvalue weighted by molar-refractivity contribution is 0.0532. The Hall–Kier alpha value is -2.01. The molecule has 28 heavy (non-hydrogen) atoms. The molecule has 0 amide bonds. The van der Waals surface area contributed by atoms with Crippen LogP contribution in [0.2, 0.25) is 0 Å². The van der Waals surface area contributed by atoms with Gasteiger partial charge in [-0.3, -0.25) is 4.79 Å². The third-order valence-corrected chi connectivity index (χ3v) is 4.95. The van der Waals surface area contributed by atoms with Crippen LogP contribution >= 0.6 is 0 Å². The normalized spacial score (nSPS) is 13.3. The van der Waals surface area contributed by atoms with E-state index in [0.717, 1.165) is 36.0 Å². The maximum atomic E-state index is 12.6. The Kier molecular flexibility index (Phi) is 8.36. The van der Waals surface area contributed by atoms with Crippen LogP contribution in [0.15, 0.2) is 42.5 Å². The maximum absolute atomic E-state index is 12.6. The highest BCUT2D eigenvalue weighted by Gasteiger charge is 2.17. The average Bonchev–Trinajstić information content (AvgIpc) is 2.69. The van der Waals surface area contributed by atoms with Gasteiger partial charge < -0.3 is 15.6 Å². The molecule has 2 rings (SSSR count). The van der Waals surface area contributed by atoms with Gasteiger partial charge in [0.25, 0.3) is 0 Å². The minimum Gasteiger partial charge on any atom is -0.394 e. The number of ketones is 1. The molecular formula is C24H33NO3. The number of carbonyl (C=O) groups excluding carboxylic acids is 1. The van der Waals surface area contributed by atoms with E-state index in [2.05, 4.69) is 38.1 Å². The van der Waals surface area contributed by atoms with Crippen molar-refractivity contribution in [1.29, 1.82) is 0 Å².